The van der Waals surface area contributed by atoms with Crippen LogP contribution >= 0.6 is 11.3 Å². The van der Waals surface area contributed by atoms with E-state index in [2.05, 4.69) is 33.0 Å². The number of carbonyl (C=O) groups excluding carboxylic acids is 1. The van der Waals surface area contributed by atoms with E-state index in [-0.39, 0.29) is 11.9 Å². The Morgan fingerprint density at radius 1 is 1.03 bits per heavy atom. The maximum atomic E-state index is 13.0. The molecule has 1 amide bonds. The monoisotopic (exact) mass is 407 g/mol. The molecule has 0 spiro atoms. The molecular formula is C22H25N5OS. The molecule has 2 fully saturated rings. The van der Waals surface area contributed by atoms with Crippen molar-refractivity contribution in [1.82, 2.24) is 19.8 Å². The SMILES string of the molecule is O=C(CN1CCCC1c1nc2ccccc2s1)N1CCN(c2ccccn2)CC1. The van der Waals surface area contributed by atoms with Gasteiger partial charge in [0.25, 0.3) is 0 Å². The zero-order valence-corrected chi connectivity index (χ0v) is 17.2. The van der Waals surface area contributed by atoms with Gasteiger partial charge in [-0.25, -0.2) is 9.97 Å². The Labute approximate surface area is 174 Å². The van der Waals surface area contributed by atoms with Crippen LogP contribution in [0.25, 0.3) is 10.2 Å². The zero-order valence-electron chi connectivity index (χ0n) is 16.4. The van der Waals surface area contributed by atoms with E-state index in [0.717, 1.165) is 61.9 Å². The second kappa shape index (κ2) is 8.08. The molecule has 2 aliphatic rings. The van der Waals surface area contributed by atoms with Crippen LogP contribution in [0.2, 0.25) is 0 Å². The van der Waals surface area contributed by atoms with Gasteiger partial charge in [0.1, 0.15) is 10.8 Å². The van der Waals surface area contributed by atoms with Gasteiger partial charge in [0.15, 0.2) is 0 Å². The number of hydrogen-bond acceptors (Lipinski definition) is 6. The quantitative estimate of drug-likeness (QED) is 0.665. The van der Waals surface area contributed by atoms with Gasteiger partial charge in [0.2, 0.25) is 5.91 Å². The number of aromatic nitrogens is 2. The largest absolute Gasteiger partial charge is 0.353 e. The van der Waals surface area contributed by atoms with Gasteiger partial charge in [0.05, 0.1) is 22.8 Å². The Hall–Kier alpha value is -2.51. The van der Waals surface area contributed by atoms with Crippen LogP contribution in [-0.2, 0) is 4.79 Å². The third kappa shape index (κ3) is 3.84. The van der Waals surface area contributed by atoms with E-state index in [1.165, 1.54) is 4.70 Å². The summed E-state index contributed by atoms with van der Waals surface area (Å²) in [5.41, 5.74) is 1.07. The summed E-state index contributed by atoms with van der Waals surface area (Å²) in [6, 6.07) is 14.5. The van der Waals surface area contributed by atoms with Crippen molar-refractivity contribution in [3.05, 3.63) is 53.7 Å². The highest BCUT2D eigenvalue weighted by molar-refractivity contribution is 7.18. The maximum Gasteiger partial charge on any atom is 0.236 e. The summed E-state index contributed by atoms with van der Waals surface area (Å²) in [5.74, 6) is 1.23. The maximum absolute atomic E-state index is 13.0. The summed E-state index contributed by atoms with van der Waals surface area (Å²) in [4.78, 5) is 28.8. The van der Waals surface area contributed by atoms with Crippen LogP contribution in [0.3, 0.4) is 0 Å². The first-order valence-corrected chi connectivity index (χ1v) is 11.1. The lowest BCUT2D eigenvalue weighted by Gasteiger charge is -2.36. The number of carbonyl (C=O) groups is 1. The lowest BCUT2D eigenvalue weighted by atomic mass is 10.2. The van der Waals surface area contributed by atoms with Crippen molar-refractivity contribution in [2.75, 3.05) is 44.2 Å². The molecule has 1 atom stereocenters. The number of fused-ring (bicyclic) bond motifs is 1. The summed E-state index contributed by atoms with van der Waals surface area (Å²) in [7, 11) is 0. The van der Waals surface area contributed by atoms with Crippen LogP contribution in [0, 0.1) is 0 Å². The first-order valence-electron chi connectivity index (χ1n) is 10.3. The van der Waals surface area contributed by atoms with Gasteiger partial charge in [-0.1, -0.05) is 18.2 Å². The minimum atomic E-state index is 0.235. The Bertz CT molecular complexity index is 950. The van der Waals surface area contributed by atoms with Crippen LogP contribution in [0.15, 0.2) is 48.7 Å². The molecule has 5 rings (SSSR count). The van der Waals surface area contributed by atoms with Gasteiger partial charge in [-0.05, 0) is 43.7 Å². The number of pyridine rings is 1. The average molecular weight is 408 g/mol. The van der Waals surface area contributed by atoms with E-state index in [1.807, 2.05) is 35.4 Å². The van der Waals surface area contributed by atoms with Crippen molar-refractivity contribution in [1.29, 1.82) is 0 Å². The Morgan fingerprint density at radius 3 is 2.66 bits per heavy atom. The highest BCUT2D eigenvalue weighted by Gasteiger charge is 2.32. The summed E-state index contributed by atoms with van der Waals surface area (Å²) >= 11 is 1.77. The molecule has 2 aliphatic heterocycles. The number of rotatable bonds is 4. The lowest BCUT2D eigenvalue weighted by Crippen LogP contribution is -2.51. The van der Waals surface area contributed by atoms with Crippen LogP contribution in [0.1, 0.15) is 23.9 Å². The standard InChI is InChI=1S/C22H25N5OS/c28-21(26-14-12-25(13-15-26)20-9-3-4-10-23-20)16-27-11-5-7-18(27)22-24-17-6-1-2-8-19(17)29-22/h1-4,6,8-10,18H,5,7,11-16H2. The molecule has 150 valence electrons. The normalized spacial score (nSPS) is 20.5. The van der Waals surface area contributed by atoms with Crippen molar-refractivity contribution in [3.63, 3.8) is 0 Å². The van der Waals surface area contributed by atoms with Crippen molar-refractivity contribution < 1.29 is 4.79 Å². The summed E-state index contributed by atoms with van der Waals surface area (Å²) in [5, 5.41) is 1.15. The molecule has 2 aromatic heterocycles. The Morgan fingerprint density at radius 2 is 1.86 bits per heavy atom. The van der Waals surface area contributed by atoms with Gasteiger partial charge in [0, 0.05) is 32.4 Å². The molecule has 3 aromatic rings. The van der Waals surface area contributed by atoms with Gasteiger partial charge >= 0.3 is 0 Å². The third-order valence-electron chi connectivity index (χ3n) is 5.90. The third-order valence-corrected chi connectivity index (χ3v) is 7.04. The number of nitrogens with zero attached hydrogens (tertiary/aromatic N) is 5. The lowest BCUT2D eigenvalue weighted by molar-refractivity contribution is -0.133. The second-order valence-electron chi connectivity index (χ2n) is 7.70. The molecule has 7 heteroatoms. The predicted molar refractivity (Wildman–Crippen MR) is 116 cm³/mol. The molecular weight excluding hydrogens is 382 g/mol. The number of para-hydroxylation sites is 1. The molecule has 1 unspecified atom stereocenters. The molecule has 2 saturated heterocycles. The summed E-state index contributed by atoms with van der Waals surface area (Å²) in [6.07, 6.45) is 4.03. The number of anilines is 1. The van der Waals surface area contributed by atoms with Crippen LogP contribution in [0.4, 0.5) is 5.82 Å². The smallest absolute Gasteiger partial charge is 0.236 e. The summed E-state index contributed by atoms with van der Waals surface area (Å²) in [6.45, 7) is 4.66. The second-order valence-corrected chi connectivity index (χ2v) is 8.77. The minimum absolute atomic E-state index is 0.235. The molecule has 0 bridgehead atoms. The predicted octanol–water partition coefficient (Wildman–Crippen LogP) is 3.18. The van der Waals surface area contributed by atoms with Crippen LogP contribution in [-0.4, -0.2) is 64.9 Å². The van der Waals surface area contributed by atoms with E-state index in [0.29, 0.717) is 6.54 Å². The van der Waals surface area contributed by atoms with E-state index in [9.17, 15) is 4.79 Å². The molecule has 0 aliphatic carbocycles. The summed E-state index contributed by atoms with van der Waals surface area (Å²) < 4.78 is 1.23. The van der Waals surface area contributed by atoms with Gasteiger partial charge in [-0.2, -0.15) is 0 Å². The topological polar surface area (TPSA) is 52.6 Å². The first kappa shape index (κ1) is 18.5. The van der Waals surface area contributed by atoms with Gasteiger partial charge in [-0.15, -0.1) is 11.3 Å². The highest BCUT2D eigenvalue weighted by Crippen LogP contribution is 2.36. The number of amides is 1. The zero-order chi connectivity index (χ0) is 19.6. The van der Waals surface area contributed by atoms with E-state index in [1.54, 1.807) is 11.3 Å². The van der Waals surface area contributed by atoms with Crippen molar-refractivity contribution in [2.45, 2.75) is 18.9 Å². The fourth-order valence-electron chi connectivity index (χ4n) is 4.33. The Balaban J connectivity index is 1.21. The minimum Gasteiger partial charge on any atom is -0.353 e. The number of piperazine rings is 1. The Kier molecular flexibility index (Phi) is 5.16. The van der Waals surface area contributed by atoms with Crippen LogP contribution < -0.4 is 4.90 Å². The molecule has 0 saturated carbocycles. The molecule has 4 heterocycles. The van der Waals surface area contributed by atoms with E-state index >= 15 is 0 Å². The van der Waals surface area contributed by atoms with Crippen molar-refractivity contribution in [2.24, 2.45) is 0 Å². The van der Waals surface area contributed by atoms with Gasteiger partial charge in [-0.3, -0.25) is 9.69 Å². The molecule has 1 aromatic carbocycles. The van der Waals surface area contributed by atoms with E-state index < -0.39 is 0 Å². The average Bonchev–Trinajstić information content (AvgIpc) is 3.41. The number of benzene rings is 1. The van der Waals surface area contributed by atoms with Crippen molar-refractivity contribution >= 4 is 33.3 Å². The molecule has 6 nitrogen and oxygen atoms in total. The van der Waals surface area contributed by atoms with Crippen LogP contribution in [0.5, 0.6) is 0 Å². The number of likely N-dealkylation sites (tertiary alicyclic amines) is 1. The molecule has 29 heavy (non-hydrogen) atoms. The first-order chi connectivity index (χ1) is 14.3. The highest BCUT2D eigenvalue weighted by atomic mass is 32.1. The number of hydrogen-bond donors (Lipinski definition) is 0. The van der Waals surface area contributed by atoms with E-state index in [4.69, 9.17) is 4.98 Å². The fourth-order valence-corrected chi connectivity index (χ4v) is 5.46. The molecule has 0 N–H and O–H groups in total. The number of thiazole rings is 1. The van der Waals surface area contributed by atoms with Crippen molar-refractivity contribution in [3.8, 4) is 0 Å². The fraction of sp³-hybridized carbons (Fsp3) is 0.409. The van der Waals surface area contributed by atoms with Gasteiger partial charge < -0.3 is 9.80 Å². The molecule has 0 radical (unpaired) electrons.